The maximum Gasteiger partial charge on any atom is 0.338 e. The Balaban J connectivity index is 1.69. The molecule has 26 heavy (non-hydrogen) atoms. The zero-order valence-electron chi connectivity index (χ0n) is 13.9. The highest BCUT2D eigenvalue weighted by molar-refractivity contribution is 6.05. The Morgan fingerprint density at radius 2 is 1.81 bits per heavy atom. The van der Waals surface area contributed by atoms with Gasteiger partial charge in [0.15, 0.2) is 5.76 Å². The van der Waals surface area contributed by atoms with E-state index in [4.69, 9.17) is 4.52 Å². The summed E-state index contributed by atoms with van der Waals surface area (Å²) < 4.78 is 22.9. The molecular weight excluding hydrogens is 339 g/mol. The highest BCUT2D eigenvalue weighted by Crippen LogP contribution is 2.20. The van der Waals surface area contributed by atoms with Crippen LogP contribution in [0.5, 0.6) is 0 Å². The van der Waals surface area contributed by atoms with Gasteiger partial charge in [-0.3, -0.25) is 4.79 Å². The van der Waals surface area contributed by atoms with Crippen molar-refractivity contribution in [3.05, 3.63) is 77.2 Å². The number of hydrogen-bond donors (Lipinski definition) is 1. The predicted octanol–water partition coefficient (Wildman–Crippen LogP) is 3.20. The summed E-state index contributed by atoms with van der Waals surface area (Å²) in [7, 11) is 1.25. The maximum absolute atomic E-state index is 13.0. The molecule has 2 aromatic carbocycles. The van der Waals surface area contributed by atoms with E-state index in [1.807, 2.05) is 0 Å². The molecule has 6 nitrogen and oxygen atoms in total. The summed E-state index contributed by atoms with van der Waals surface area (Å²) in [6, 6.07) is 13.8. The number of carbonyl (C=O) groups is 2. The van der Waals surface area contributed by atoms with Crippen LogP contribution in [0.25, 0.3) is 11.3 Å². The molecule has 0 saturated carbocycles. The SMILES string of the molecule is COC(=O)c1ccccc1C(=O)NCc1cc(-c2ccc(F)cc2)on1. The van der Waals surface area contributed by atoms with Gasteiger partial charge in [-0.05, 0) is 36.4 Å². The number of rotatable bonds is 5. The summed E-state index contributed by atoms with van der Waals surface area (Å²) in [5.41, 5.74) is 1.56. The molecule has 132 valence electrons. The molecule has 0 unspecified atom stereocenters. The fourth-order valence-electron chi connectivity index (χ4n) is 2.38. The largest absolute Gasteiger partial charge is 0.465 e. The average Bonchev–Trinajstić information content (AvgIpc) is 3.15. The normalized spacial score (nSPS) is 10.4. The second-order valence-corrected chi connectivity index (χ2v) is 5.41. The molecule has 0 aliphatic rings. The van der Waals surface area contributed by atoms with Crippen LogP contribution < -0.4 is 5.32 Å². The minimum atomic E-state index is -0.587. The van der Waals surface area contributed by atoms with Gasteiger partial charge >= 0.3 is 5.97 Å². The van der Waals surface area contributed by atoms with E-state index >= 15 is 0 Å². The summed E-state index contributed by atoms with van der Waals surface area (Å²) in [5, 5.41) is 6.56. The summed E-state index contributed by atoms with van der Waals surface area (Å²) in [5.74, 6) is -0.901. The zero-order valence-corrected chi connectivity index (χ0v) is 13.9. The Morgan fingerprint density at radius 3 is 2.50 bits per heavy atom. The van der Waals surface area contributed by atoms with Crippen LogP contribution in [0.15, 0.2) is 59.1 Å². The van der Waals surface area contributed by atoms with E-state index in [1.54, 1.807) is 30.3 Å². The van der Waals surface area contributed by atoms with Crippen molar-refractivity contribution in [3.63, 3.8) is 0 Å². The number of methoxy groups -OCH3 is 1. The Hall–Kier alpha value is -3.48. The molecule has 0 aliphatic heterocycles. The lowest BCUT2D eigenvalue weighted by Gasteiger charge is -2.07. The summed E-state index contributed by atoms with van der Waals surface area (Å²) >= 11 is 0. The molecule has 0 fully saturated rings. The van der Waals surface area contributed by atoms with E-state index in [-0.39, 0.29) is 23.5 Å². The van der Waals surface area contributed by atoms with Gasteiger partial charge in [0.2, 0.25) is 0 Å². The van der Waals surface area contributed by atoms with Crippen molar-refractivity contribution in [2.75, 3.05) is 7.11 Å². The van der Waals surface area contributed by atoms with E-state index in [9.17, 15) is 14.0 Å². The van der Waals surface area contributed by atoms with Crippen molar-refractivity contribution in [1.82, 2.24) is 10.5 Å². The zero-order chi connectivity index (χ0) is 18.5. The Kier molecular flexibility index (Phi) is 5.07. The molecule has 1 N–H and O–H groups in total. The third-order valence-electron chi connectivity index (χ3n) is 3.69. The number of ether oxygens (including phenoxy) is 1. The van der Waals surface area contributed by atoms with Crippen LogP contribution in [-0.2, 0) is 11.3 Å². The minimum absolute atomic E-state index is 0.110. The van der Waals surface area contributed by atoms with Gasteiger partial charge in [0.25, 0.3) is 5.91 Å². The number of nitrogens with one attached hydrogen (secondary N) is 1. The monoisotopic (exact) mass is 354 g/mol. The van der Waals surface area contributed by atoms with Crippen LogP contribution in [0.1, 0.15) is 26.4 Å². The first-order chi connectivity index (χ1) is 12.6. The van der Waals surface area contributed by atoms with Gasteiger partial charge in [-0.25, -0.2) is 9.18 Å². The molecule has 7 heteroatoms. The van der Waals surface area contributed by atoms with Crippen molar-refractivity contribution in [2.45, 2.75) is 6.54 Å². The van der Waals surface area contributed by atoms with Crippen molar-refractivity contribution in [3.8, 4) is 11.3 Å². The van der Waals surface area contributed by atoms with Gasteiger partial charge < -0.3 is 14.6 Å². The molecule has 1 heterocycles. The lowest BCUT2D eigenvalue weighted by Crippen LogP contribution is -2.25. The van der Waals surface area contributed by atoms with E-state index < -0.39 is 11.9 Å². The van der Waals surface area contributed by atoms with Crippen LogP contribution in [0, 0.1) is 5.82 Å². The standard InChI is InChI=1S/C19H15FN2O4/c1-25-19(24)16-5-3-2-4-15(16)18(23)21-11-14-10-17(26-22-14)12-6-8-13(20)9-7-12/h2-10H,11H2,1H3,(H,21,23). The molecular formula is C19H15FN2O4. The summed E-state index contributed by atoms with van der Waals surface area (Å²) in [4.78, 5) is 24.1. The molecule has 0 saturated heterocycles. The minimum Gasteiger partial charge on any atom is -0.465 e. The van der Waals surface area contributed by atoms with Gasteiger partial charge in [0, 0.05) is 11.6 Å². The quantitative estimate of drug-likeness (QED) is 0.712. The molecule has 0 aliphatic carbocycles. The average molecular weight is 354 g/mol. The topological polar surface area (TPSA) is 81.4 Å². The highest BCUT2D eigenvalue weighted by Gasteiger charge is 2.17. The first kappa shape index (κ1) is 17.3. The number of halogens is 1. The Bertz CT molecular complexity index is 935. The number of esters is 1. The summed E-state index contributed by atoms with van der Waals surface area (Å²) in [6.07, 6.45) is 0. The fourth-order valence-corrected chi connectivity index (χ4v) is 2.38. The third kappa shape index (κ3) is 3.77. The first-order valence-corrected chi connectivity index (χ1v) is 7.75. The van der Waals surface area contributed by atoms with Crippen molar-refractivity contribution >= 4 is 11.9 Å². The predicted molar refractivity (Wildman–Crippen MR) is 90.8 cm³/mol. The second kappa shape index (κ2) is 7.60. The number of carbonyl (C=O) groups excluding carboxylic acids is 2. The second-order valence-electron chi connectivity index (χ2n) is 5.41. The third-order valence-corrected chi connectivity index (χ3v) is 3.69. The number of benzene rings is 2. The molecule has 0 atom stereocenters. The van der Waals surface area contributed by atoms with Gasteiger partial charge in [-0.15, -0.1) is 0 Å². The van der Waals surface area contributed by atoms with Crippen LogP contribution in [0.2, 0.25) is 0 Å². The van der Waals surface area contributed by atoms with Crippen LogP contribution in [0.4, 0.5) is 4.39 Å². The number of amides is 1. The van der Waals surface area contributed by atoms with Gasteiger partial charge in [-0.2, -0.15) is 0 Å². The van der Waals surface area contributed by atoms with E-state index in [2.05, 4.69) is 15.2 Å². The molecule has 0 bridgehead atoms. The van der Waals surface area contributed by atoms with Crippen LogP contribution in [-0.4, -0.2) is 24.1 Å². The van der Waals surface area contributed by atoms with Crippen molar-refractivity contribution < 1.29 is 23.2 Å². The van der Waals surface area contributed by atoms with Gasteiger partial charge in [-0.1, -0.05) is 17.3 Å². The van der Waals surface area contributed by atoms with E-state index in [0.717, 1.165) is 0 Å². The summed E-state index contributed by atoms with van der Waals surface area (Å²) in [6.45, 7) is 0.110. The maximum atomic E-state index is 13.0. The number of hydrogen-bond acceptors (Lipinski definition) is 5. The molecule has 3 aromatic rings. The van der Waals surface area contributed by atoms with Gasteiger partial charge in [0.1, 0.15) is 11.5 Å². The van der Waals surface area contributed by atoms with E-state index in [1.165, 1.54) is 31.4 Å². The van der Waals surface area contributed by atoms with E-state index in [0.29, 0.717) is 17.0 Å². The lowest BCUT2D eigenvalue weighted by atomic mass is 10.1. The Morgan fingerprint density at radius 1 is 1.12 bits per heavy atom. The first-order valence-electron chi connectivity index (χ1n) is 7.75. The molecule has 0 spiro atoms. The van der Waals surface area contributed by atoms with Crippen molar-refractivity contribution in [1.29, 1.82) is 0 Å². The van der Waals surface area contributed by atoms with Crippen LogP contribution in [0.3, 0.4) is 0 Å². The smallest absolute Gasteiger partial charge is 0.338 e. The molecule has 1 aromatic heterocycles. The van der Waals surface area contributed by atoms with Crippen LogP contribution >= 0.6 is 0 Å². The lowest BCUT2D eigenvalue weighted by molar-refractivity contribution is 0.0596. The highest BCUT2D eigenvalue weighted by atomic mass is 19.1. The molecule has 3 rings (SSSR count). The molecule has 0 radical (unpaired) electrons. The Labute approximate surface area is 148 Å². The number of aromatic nitrogens is 1. The molecule has 1 amide bonds. The van der Waals surface area contributed by atoms with Crippen molar-refractivity contribution in [2.24, 2.45) is 0 Å². The van der Waals surface area contributed by atoms with Gasteiger partial charge in [0.05, 0.1) is 24.8 Å². The fraction of sp³-hybridized carbons (Fsp3) is 0.105. The number of nitrogens with zero attached hydrogens (tertiary/aromatic N) is 1.